The maximum atomic E-state index is 6.06. The van der Waals surface area contributed by atoms with Crippen LogP contribution in [-0.4, -0.2) is 15.5 Å². The zero-order valence-corrected chi connectivity index (χ0v) is 13.5. The first-order valence-corrected chi connectivity index (χ1v) is 9.00. The van der Waals surface area contributed by atoms with Gasteiger partial charge < -0.3 is 0 Å². The molecule has 0 atom stereocenters. The third-order valence-electron chi connectivity index (χ3n) is 3.76. The molecule has 4 heteroatoms. The Morgan fingerprint density at radius 3 is 2.57 bits per heavy atom. The molecule has 5 rings (SSSR count). The van der Waals surface area contributed by atoms with Gasteiger partial charge in [0.05, 0.1) is 0 Å². The van der Waals surface area contributed by atoms with Gasteiger partial charge in [0.25, 0.3) is 0 Å². The Balaban J connectivity index is 1.87. The third-order valence-corrected chi connectivity index (χ3v) is 6.82. The number of hydrogen-bond donors (Lipinski definition) is 0. The van der Waals surface area contributed by atoms with Gasteiger partial charge in [0.1, 0.15) is 0 Å². The average Bonchev–Trinajstić information content (AvgIpc) is 2.92. The quantitative estimate of drug-likeness (QED) is 0.438. The molecule has 0 bridgehead atoms. The summed E-state index contributed by atoms with van der Waals surface area (Å²) in [6.45, 7) is 0. The zero-order chi connectivity index (χ0) is 13.8. The van der Waals surface area contributed by atoms with Gasteiger partial charge in [0.2, 0.25) is 0 Å². The molecule has 0 unspecified atom stereocenters. The van der Waals surface area contributed by atoms with Crippen LogP contribution in [0.3, 0.4) is 0 Å². The molecular weight excluding hydrogens is 345 g/mol. The maximum absolute atomic E-state index is 6.06. The summed E-state index contributed by atoms with van der Waals surface area (Å²) in [4.78, 5) is 0. The number of benzene rings is 3. The van der Waals surface area contributed by atoms with Crippen molar-refractivity contribution in [1.29, 1.82) is 0 Å². The molecule has 0 aliphatic carbocycles. The van der Waals surface area contributed by atoms with Gasteiger partial charge in [-0.1, -0.05) is 0 Å². The van der Waals surface area contributed by atoms with E-state index in [9.17, 15) is 0 Å². The van der Waals surface area contributed by atoms with E-state index in [0.29, 0.717) is 0 Å². The number of para-hydroxylation sites is 1. The Morgan fingerprint density at radius 2 is 1.67 bits per heavy atom. The number of fused-ring (bicyclic) bond motifs is 6. The molecule has 100 valence electrons. The molecule has 1 aliphatic rings. The molecule has 2 heterocycles. The molecule has 4 aromatic rings. The predicted octanol–water partition coefficient (Wildman–Crippen LogP) is 3.78. The summed E-state index contributed by atoms with van der Waals surface area (Å²) in [6.07, 6.45) is 0. The van der Waals surface area contributed by atoms with Crippen LogP contribution in [0, 0.1) is 0 Å². The fraction of sp³-hybridized carbons (Fsp3) is 0. The minimum absolute atomic E-state index is 0.0234. The molecule has 0 N–H and O–H groups in total. The van der Waals surface area contributed by atoms with Crippen molar-refractivity contribution in [3.05, 3.63) is 60.7 Å². The van der Waals surface area contributed by atoms with E-state index in [1.54, 1.807) is 0 Å². The monoisotopic (exact) mass is 356 g/mol. The van der Waals surface area contributed by atoms with Crippen molar-refractivity contribution in [3.8, 4) is 16.3 Å². The number of nitrogens with zero attached hydrogens (tertiary/aromatic N) is 1. The van der Waals surface area contributed by atoms with Crippen molar-refractivity contribution in [2.75, 3.05) is 0 Å². The van der Waals surface area contributed by atoms with Gasteiger partial charge in [-0.15, -0.1) is 0 Å². The van der Waals surface area contributed by atoms with Crippen LogP contribution in [0.2, 0.25) is 0 Å². The molecular formula is C17H10NOSSe+. The zero-order valence-electron chi connectivity index (χ0n) is 10.9. The molecule has 3 aromatic carbocycles. The minimum atomic E-state index is -0.0234. The summed E-state index contributed by atoms with van der Waals surface area (Å²) in [5, 5.41) is 3.81. The van der Waals surface area contributed by atoms with Crippen molar-refractivity contribution >= 4 is 47.8 Å². The first-order chi connectivity index (χ1) is 10.4. The van der Waals surface area contributed by atoms with Gasteiger partial charge >= 0.3 is 132 Å². The van der Waals surface area contributed by atoms with E-state index in [-0.39, 0.29) is 15.5 Å². The van der Waals surface area contributed by atoms with E-state index >= 15 is 0 Å². The molecule has 1 aromatic heterocycles. The summed E-state index contributed by atoms with van der Waals surface area (Å²) in [6, 6.07) is 21.4. The van der Waals surface area contributed by atoms with Crippen molar-refractivity contribution in [2.45, 2.75) is 0 Å². The molecule has 21 heavy (non-hydrogen) atoms. The van der Waals surface area contributed by atoms with E-state index in [1.807, 2.05) is 11.3 Å². The number of rotatable bonds is 0. The molecule has 0 saturated carbocycles. The van der Waals surface area contributed by atoms with Gasteiger partial charge in [-0.3, -0.25) is 0 Å². The summed E-state index contributed by atoms with van der Waals surface area (Å²) < 4.78 is 9.70. The SMILES string of the molecule is c1ccc2cc3c(cc2c1)O[Se][n+]1c-3sc2ccccc21. The Kier molecular flexibility index (Phi) is 2.41. The second-order valence-electron chi connectivity index (χ2n) is 5.02. The standard InChI is InChI=1S/C17H10NOSSe/c1-2-6-12-10-15-13(9-11(12)5-1)17-18(21-19-15)14-7-3-4-8-16(14)20-17/h1-10H/q+1. The van der Waals surface area contributed by atoms with Crippen LogP contribution < -0.4 is 7.40 Å². The van der Waals surface area contributed by atoms with Crippen molar-refractivity contribution in [1.82, 2.24) is 0 Å². The first-order valence-electron chi connectivity index (χ1n) is 6.72. The average molecular weight is 355 g/mol. The van der Waals surface area contributed by atoms with Gasteiger partial charge in [-0.05, 0) is 0 Å². The number of hydrogen-bond acceptors (Lipinski definition) is 2. The van der Waals surface area contributed by atoms with Crippen LogP contribution in [0.5, 0.6) is 5.75 Å². The summed E-state index contributed by atoms with van der Waals surface area (Å²) in [5.41, 5.74) is 2.49. The van der Waals surface area contributed by atoms with Crippen molar-refractivity contribution in [3.63, 3.8) is 0 Å². The van der Waals surface area contributed by atoms with E-state index in [4.69, 9.17) is 3.82 Å². The first kappa shape index (κ1) is 11.8. The van der Waals surface area contributed by atoms with Gasteiger partial charge in [0.15, 0.2) is 0 Å². The van der Waals surface area contributed by atoms with Crippen molar-refractivity contribution < 1.29 is 7.40 Å². The molecule has 2 nitrogen and oxygen atoms in total. The fourth-order valence-electron chi connectivity index (χ4n) is 2.74. The molecule has 0 spiro atoms. The Hall–Kier alpha value is -1.87. The second-order valence-corrected chi connectivity index (χ2v) is 7.48. The van der Waals surface area contributed by atoms with Gasteiger partial charge in [-0.2, -0.15) is 0 Å². The van der Waals surface area contributed by atoms with E-state index in [0.717, 1.165) is 5.75 Å². The van der Waals surface area contributed by atoms with E-state index in [2.05, 4.69) is 64.2 Å². The summed E-state index contributed by atoms with van der Waals surface area (Å²) >= 11 is 1.83. The van der Waals surface area contributed by atoms with Crippen LogP contribution in [-0.2, 0) is 0 Å². The van der Waals surface area contributed by atoms with Crippen molar-refractivity contribution in [2.24, 2.45) is 0 Å². The Labute approximate surface area is 132 Å². The summed E-state index contributed by atoms with van der Waals surface area (Å²) in [5.74, 6) is 1.01. The molecule has 0 saturated heterocycles. The van der Waals surface area contributed by atoms with E-state index < -0.39 is 0 Å². The predicted molar refractivity (Wildman–Crippen MR) is 86.7 cm³/mol. The number of aromatic nitrogens is 1. The third kappa shape index (κ3) is 1.67. The molecule has 0 fully saturated rings. The molecule has 0 amide bonds. The number of thiazole rings is 1. The van der Waals surface area contributed by atoms with Gasteiger partial charge in [0, 0.05) is 0 Å². The van der Waals surface area contributed by atoms with Crippen LogP contribution in [0.15, 0.2) is 60.7 Å². The van der Waals surface area contributed by atoms with Crippen LogP contribution in [0.4, 0.5) is 0 Å². The van der Waals surface area contributed by atoms with E-state index in [1.165, 1.54) is 31.6 Å². The van der Waals surface area contributed by atoms with Crippen LogP contribution in [0.25, 0.3) is 31.6 Å². The Morgan fingerprint density at radius 1 is 0.905 bits per heavy atom. The Bertz CT molecular complexity index is 1010. The van der Waals surface area contributed by atoms with Crippen LogP contribution in [0.1, 0.15) is 0 Å². The van der Waals surface area contributed by atoms with Crippen LogP contribution >= 0.6 is 11.3 Å². The molecule has 0 radical (unpaired) electrons. The second kappa shape index (κ2) is 4.31. The topological polar surface area (TPSA) is 13.1 Å². The molecule has 1 aliphatic heterocycles. The normalized spacial score (nSPS) is 13.0. The summed E-state index contributed by atoms with van der Waals surface area (Å²) in [7, 11) is 0. The fourth-order valence-corrected chi connectivity index (χ4v) is 5.80. The van der Waals surface area contributed by atoms with Gasteiger partial charge in [-0.25, -0.2) is 0 Å².